The average Bonchev–Trinajstić information content (AvgIpc) is 3.33. The molecule has 6 rings (SSSR count). The van der Waals surface area contributed by atoms with Crippen molar-refractivity contribution in [3.8, 4) is 5.75 Å². The molecule has 1 atom stereocenters. The van der Waals surface area contributed by atoms with Gasteiger partial charge in [0.25, 0.3) is 5.91 Å². The van der Waals surface area contributed by atoms with E-state index in [-0.39, 0.29) is 27.7 Å². The summed E-state index contributed by atoms with van der Waals surface area (Å²) in [5.41, 5.74) is -0.0862. The van der Waals surface area contributed by atoms with Gasteiger partial charge in [0, 0.05) is 18.6 Å². The number of methoxy groups -OCH3 is 1. The smallest absolute Gasteiger partial charge is 0.338 e. The Morgan fingerprint density at radius 3 is 2.21 bits per heavy atom. The zero-order chi connectivity index (χ0) is 24.1. The standard InChI is InChI=1S/C25H34N2O6S/c1-16(23(28)26-25-13-17-9-18(14-25)11-19(10-17)15-25)33-24(29)20-5-6-21(32-2)22(12-20)34(30,31)27-7-3-4-8-27/h5-6,12,16-19H,3-4,7-11,13-15H2,1-2H3,(H,26,28). The third kappa shape index (κ3) is 4.33. The molecule has 8 nitrogen and oxygen atoms in total. The second kappa shape index (κ2) is 8.82. The Balaban J connectivity index is 1.28. The van der Waals surface area contributed by atoms with E-state index in [1.165, 1.54) is 48.9 Å². The number of ether oxygens (including phenoxy) is 2. The van der Waals surface area contributed by atoms with Crippen LogP contribution in [0.15, 0.2) is 23.1 Å². The van der Waals surface area contributed by atoms with E-state index in [1.807, 2.05) is 0 Å². The van der Waals surface area contributed by atoms with Crippen LogP contribution < -0.4 is 10.1 Å². The second-order valence-electron chi connectivity index (χ2n) is 10.7. The minimum Gasteiger partial charge on any atom is -0.495 e. The highest BCUT2D eigenvalue weighted by Gasteiger charge is 2.51. The van der Waals surface area contributed by atoms with Crippen LogP contribution in [0.5, 0.6) is 5.75 Å². The van der Waals surface area contributed by atoms with E-state index < -0.39 is 22.1 Å². The van der Waals surface area contributed by atoms with E-state index in [9.17, 15) is 18.0 Å². The molecule has 4 saturated carbocycles. The molecule has 5 fully saturated rings. The van der Waals surface area contributed by atoms with E-state index >= 15 is 0 Å². The Labute approximate surface area is 201 Å². The Hall–Kier alpha value is -2.13. The van der Waals surface area contributed by atoms with Gasteiger partial charge in [-0.2, -0.15) is 4.31 Å². The fraction of sp³-hybridized carbons (Fsp3) is 0.680. The Morgan fingerprint density at radius 1 is 1.06 bits per heavy atom. The highest BCUT2D eigenvalue weighted by atomic mass is 32.2. The summed E-state index contributed by atoms with van der Waals surface area (Å²) in [7, 11) is -2.40. The number of amides is 1. The van der Waals surface area contributed by atoms with Gasteiger partial charge in [-0.3, -0.25) is 4.79 Å². The fourth-order valence-electron chi connectivity index (χ4n) is 6.98. The van der Waals surface area contributed by atoms with Crippen LogP contribution in [-0.4, -0.2) is 56.4 Å². The van der Waals surface area contributed by atoms with Gasteiger partial charge in [-0.05, 0) is 94.2 Å². The molecule has 1 aromatic rings. The number of sulfonamides is 1. The van der Waals surface area contributed by atoms with Crippen LogP contribution in [0.4, 0.5) is 0 Å². The number of carbonyl (C=O) groups is 2. The summed E-state index contributed by atoms with van der Waals surface area (Å²) in [5, 5.41) is 3.23. The molecule has 34 heavy (non-hydrogen) atoms. The largest absolute Gasteiger partial charge is 0.495 e. The molecule has 5 aliphatic rings. The van der Waals surface area contributed by atoms with Crippen molar-refractivity contribution in [3.63, 3.8) is 0 Å². The number of carbonyl (C=O) groups excluding carboxylic acids is 2. The summed E-state index contributed by atoms with van der Waals surface area (Å²) < 4.78 is 38.3. The zero-order valence-electron chi connectivity index (χ0n) is 19.9. The van der Waals surface area contributed by atoms with Crippen molar-refractivity contribution in [1.29, 1.82) is 0 Å². The first kappa shape index (κ1) is 23.6. The maximum absolute atomic E-state index is 13.1. The van der Waals surface area contributed by atoms with Crippen molar-refractivity contribution in [1.82, 2.24) is 9.62 Å². The topological polar surface area (TPSA) is 102 Å². The lowest BCUT2D eigenvalue weighted by atomic mass is 9.53. The van der Waals surface area contributed by atoms with Gasteiger partial charge in [0.1, 0.15) is 10.6 Å². The van der Waals surface area contributed by atoms with E-state index in [2.05, 4.69) is 5.32 Å². The second-order valence-corrected chi connectivity index (χ2v) is 12.6. The molecule has 1 aromatic carbocycles. The van der Waals surface area contributed by atoms with Gasteiger partial charge in [-0.25, -0.2) is 13.2 Å². The number of benzene rings is 1. The Morgan fingerprint density at radius 2 is 1.65 bits per heavy atom. The average molecular weight is 491 g/mol. The van der Waals surface area contributed by atoms with Crippen molar-refractivity contribution in [2.75, 3.05) is 20.2 Å². The molecule has 4 aliphatic carbocycles. The third-order valence-electron chi connectivity index (χ3n) is 8.16. The summed E-state index contributed by atoms with van der Waals surface area (Å²) in [4.78, 5) is 25.8. The van der Waals surface area contributed by atoms with Crippen molar-refractivity contribution >= 4 is 21.9 Å². The molecule has 1 aliphatic heterocycles. The normalized spacial score (nSPS) is 31.3. The van der Waals surface area contributed by atoms with Crippen LogP contribution in [0.1, 0.15) is 68.6 Å². The predicted molar refractivity (Wildman–Crippen MR) is 125 cm³/mol. The Kier molecular flexibility index (Phi) is 6.13. The van der Waals surface area contributed by atoms with E-state index in [0.717, 1.165) is 32.1 Å². The molecule has 186 valence electrons. The summed E-state index contributed by atoms with van der Waals surface area (Å²) in [5.74, 6) is 1.25. The van der Waals surface area contributed by atoms with Crippen LogP contribution in [0.3, 0.4) is 0 Å². The van der Waals surface area contributed by atoms with Gasteiger partial charge >= 0.3 is 5.97 Å². The number of rotatable bonds is 7. The van der Waals surface area contributed by atoms with Gasteiger partial charge in [0.15, 0.2) is 6.10 Å². The number of esters is 1. The number of nitrogens with one attached hydrogen (secondary N) is 1. The number of hydrogen-bond acceptors (Lipinski definition) is 6. The summed E-state index contributed by atoms with van der Waals surface area (Å²) in [6.45, 7) is 2.46. The SMILES string of the molecule is COc1ccc(C(=O)OC(C)C(=O)NC23CC4CC(CC(C4)C2)C3)cc1S(=O)(=O)N1CCCC1. The quantitative estimate of drug-likeness (QED) is 0.590. The molecule has 0 spiro atoms. The van der Waals surface area contributed by atoms with Crippen LogP contribution in [0.2, 0.25) is 0 Å². The Bertz CT molecular complexity index is 1040. The molecule has 1 amide bonds. The molecule has 1 unspecified atom stereocenters. The minimum atomic E-state index is -3.79. The summed E-state index contributed by atoms with van der Waals surface area (Å²) in [6.07, 6.45) is 7.52. The monoisotopic (exact) mass is 490 g/mol. The molecule has 1 N–H and O–H groups in total. The lowest BCUT2D eigenvalue weighted by Crippen LogP contribution is -2.61. The molecule has 1 heterocycles. The van der Waals surface area contributed by atoms with Gasteiger partial charge in [-0.15, -0.1) is 0 Å². The first-order chi connectivity index (χ1) is 16.2. The predicted octanol–water partition coefficient (Wildman–Crippen LogP) is 3.11. The van der Waals surface area contributed by atoms with Gasteiger partial charge in [0.2, 0.25) is 10.0 Å². The lowest BCUT2D eigenvalue weighted by molar-refractivity contribution is -0.134. The van der Waals surface area contributed by atoms with Crippen molar-refractivity contribution < 1.29 is 27.5 Å². The third-order valence-corrected chi connectivity index (χ3v) is 10.1. The highest BCUT2D eigenvalue weighted by molar-refractivity contribution is 7.89. The zero-order valence-corrected chi connectivity index (χ0v) is 20.7. The molecular formula is C25H34N2O6S. The molecule has 0 radical (unpaired) electrons. The minimum absolute atomic E-state index is 0.0583. The number of nitrogens with zero attached hydrogens (tertiary/aromatic N) is 1. The molecular weight excluding hydrogens is 456 g/mol. The van der Waals surface area contributed by atoms with Gasteiger partial charge in [-0.1, -0.05) is 0 Å². The maximum Gasteiger partial charge on any atom is 0.338 e. The van der Waals surface area contributed by atoms with Crippen molar-refractivity contribution in [3.05, 3.63) is 23.8 Å². The van der Waals surface area contributed by atoms with E-state index in [1.54, 1.807) is 6.92 Å². The lowest BCUT2D eigenvalue weighted by Gasteiger charge is -2.57. The first-order valence-electron chi connectivity index (χ1n) is 12.4. The van der Waals surface area contributed by atoms with E-state index in [0.29, 0.717) is 30.8 Å². The summed E-state index contributed by atoms with van der Waals surface area (Å²) >= 11 is 0. The summed E-state index contributed by atoms with van der Waals surface area (Å²) in [6, 6.07) is 4.21. The first-order valence-corrected chi connectivity index (χ1v) is 13.8. The van der Waals surface area contributed by atoms with Crippen molar-refractivity contribution in [2.24, 2.45) is 17.8 Å². The highest BCUT2D eigenvalue weighted by Crippen LogP contribution is 2.55. The van der Waals surface area contributed by atoms with Crippen LogP contribution in [-0.2, 0) is 19.6 Å². The molecule has 0 aromatic heterocycles. The molecule has 4 bridgehead atoms. The van der Waals surface area contributed by atoms with Crippen LogP contribution in [0.25, 0.3) is 0 Å². The van der Waals surface area contributed by atoms with Crippen molar-refractivity contribution in [2.45, 2.75) is 74.8 Å². The van der Waals surface area contributed by atoms with Gasteiger partial charge < -0.3 is 14.8 Å². The van der Waals surface area contributed by atoms with Crippen LogP contribution >= 0.6 is 0 Å². The molecule has 1 saturated heterocycles. The van der Waals surface area contributed by atoms with Crippen LogP contribution in [0, 0.1) is 17.8 Å². The van der Waals surface area contributed by atoms with Gasteiger partial charge in [0.05, 0.1) is 12.7 Å². The van der Waals surface area contributed by atoms with E-state index in [4.69, 9.17) is 9.47 Å². The maximum atomic E-state index is 13.1. The fourth-order valence-corrected chi connectivity index (χ4v) is 8.68. The molecule has 9 heteroatoms. The number of hydrogen-bond donors (Lipinski definition) is 1.